The van der Waals surface area contributed by atoms with Crippen molar-refractivity contribution in [3.05, 3.63) is 0 Å². The lowest BCUT2D eigenvalue weighted by Crippen LogP contribution is -3.00. The lowest BCUT2D eigenvalue weighted by molar-refractivity contribution is -0.960. The van der Waals surface area contributed by atoms with Crippen LogP contribution in [0.5, 0.6) is 0 Å². The first kappa shape index (κ1) is 28.4. The molecule has 1 aliphatic rings. The normalized spacial score (nSPS) is 18.4. The molecule has 0 spiro atoms. The molecule has 0 saturated carbocycles. The van der Waals surface area contributed by atoms with E-state index >= 15 is 0 Å². The molecule has 1 aliphatic heterocycles. The second-order valence-electron chi connectivity index (χ2n) is 9.12. The van der Waals surface area contributed by atoms with Crippen molar-refractivity contribution in [2.24, 2.45) is 0 Å². The largest absolute Gasteiger partial charge is 1.00 e. The van der Waals surface area contributed by atoms with Crippen LogP contribution in [0.4, 0.5) is 0 Å². The molecule has 0 aromatic heterocycles. The van der Waals surface area contributed by atoms with Gasteiger partial charge in [0.2, 0.25) is 0 Å². The Bertz CT molecular complexity index is 335. The zero-order valence-electron chi connectivity index (χ0n) is 19.5. The molecule has 0 bridgehead atoms. The van der Waals surface area contributed by atoms with Gasteiger partial charge in [0.05, 0.1) is 26.4 Å². The zero-order valence-corrected chi connectivity index (χ0v) is 21.1. The van der Waals surface area contributed by atoms with E-state index in [-0.39, 0.29) is 23.2 Å². The first-order valence-corrected chi connectivity index (χ1v) is 12.2. The fraction of sp³-hybridized carbons (Fsp3) is 1.00. The first-order valence-electron chi connectivity index (χ1n) is 12.2. The maximum absolute atomic E-state index is 6.32. The molecule has 3 nitrogen and oxygen atoms in total. The summed E-state index contributed by atoms with van der Waals surface area (Å²) in [6, 6.07) is 0. The lowest BCUT2D eigenvalue weighted by atomic mass is 10.0. The predicted molar refractivity (Wildman–Crippen MR) is 117 cm³/mol. The van der Waals surface area contributed by atoms with Gasteiger partial charge in [-0.25, -0.2) is 0 Å². The number of rotatable bonds is 17. The van der Waals surface area contributed by atoms with Gasteiger partial charge in [0.25, 0.3) is 0 Å². The third kappa shape index (κ3) is 13.6. The quantitative estimate of drug-likeness (QED) is 0.241. The molecule has 0 radical (unpaired) electrons. The Balaban J connectivity index is 0.00000729. The summed E-state index contributed by atoms with van der Waals surface area (Å²) in [5.74, 6) is 0. The highest BCUT2D eigenvalue weighted by molar-refractivity contribution is 4.56. The summed E-state index contributed by atoms with van der Waals surface area (Å²) in [5, 5.41) is 0. The molecule has 0 aromatic rings. The van der Waals surface area contributed by atoms with Gasteiger partial charge in [0.1, 0.15) is 13.1 Å². The van der Waals surface area contributed by atoms with Gasteiger partial charge in [-0.1, -0.05) is 90.4 Å². The standard InChI is InChI=1S/C24H50NO2.BrH/c1-5-6-7-8-9-10-11-12-13-14-15-16-17-18-23(2)27-24(3)25(4)19-21-26-22-20-25;/h23-24H,5-22H2,1-4H3;1H/q+1;/p-1. The van der Waals surface area contributed by atoms with Crippen LogP contribution in [0.1, 0.15) is 111 Å². The van der Waals surface area contributed by atoms with Crippen molar-refractivity contribution in [2.45, 2.75) is 123 Å². The van der Waals surface area contributed by atoms with Gasteiger partial charge < -0.3 is 26.5 Å². The first-order chi connectivity index (χ1) is 13.1. The van der Waals surface area contributed by atoms with Crippen LogP contribution in [0, 0.1) is 0 Å². The van der Waals surface area contributed by atoms with Crippen molar-refractivity contribution in [2.75, 3.05) is 33.4 Å². The Hall–Kier alpha value is 0.360. The summed E-state index contributed by atoms with van der Waals surface area (Å²) in [7, 11) is 2.31. The minimum Gasteiger partial charge on any atom is -1.00 e. The average Bonchev–Trinajstić information content (AvgIpc) is 2.66. The Morgan fingerprint density at radius 2 is 1.18 bits per heavy atom. The number of hydrogen-bond donors (Lipinski definition) is 0. The van der Waals surface area contributed by atoms with E-state index in [9.17, 15) is 0 Å². The molecule has 0 N–H and O–H groups in total. The fourth-order valence-electron chi connectivity index (χ4n) is 4.12. The number of hydrogen-bond acceptors (Lipinski definition) is 2. The van der Waals surface area contributed by atoms with Crippen molar-refractivity contribution in [3.63, 3.8) is 0 Å². The molecule has 2 atom stereocenters. The molecular formula is C24H50BrNO2. The zero-order chi connectivity index (χ0) is 19.8. The molecule has 1 rings (SSSR count). The number of halogens is 1. The van der Waals surface area contributed by atoms with E-state index in [1.807, 2.05) is 0 Å². The van der Waals surface area contributed by atoms with Gasteiger partial charge in [-0.15, -0.1) is 0 Å². The molecule has 4 heteroatoms. The van der Waals surface area contributed by atoms with E-state index in [0.29, 0.717) is 6.10 Å². The SMILES string of the molecule is CCCCCCCCCCCCCCCC(C)OC(C)[N+]1(C)CCOCC1.[Br-]. The van der Waals surface area contributed by atoms with Crippen LogP contribution in [0.25, 0.3) is 0 Å². The highest BCUT2D eigenvalue weighted by atomic mass is 79.9. The Kier molecular flexibility index (Phi) is 18.4. The van der Waals surface area contributed by atoms with Gasteiger partial charge in [-0.05, 0) is 13.3 Å². The summed E-state index contributed by atoms with van der Waals surface area (Å²) in [5.41, 5.74) is 0. The lowest BCUT2D eigenvalue weighted by Gasteiger charge is -2.42. The Morgan fingerprint density at radius 3 is 1.64 bits per heavy atom. The van der Waals surface area contributed by atoms with Crippen molar-refractivity contribution in [3.8, 4) is 0 Å². The number of quaternary nitrogens is 1. The summed E-state index contributed by atoms with van der Waals surface area (Å²) in [4.78, 5) is 0. The molecule has 170 valence electrons. The van der Waals surface area contributed by atoms with Crippen LogP contribution in [0.2, 0.25) is 0 Å². The van der Waals surface area contributed by atoms with Gasteiger partial charge in [0.15, 0.2) is 6.23 Å². The van der Waals surface area contributed by atoms with Gasteiger partial charge in [-0.2, -0.15) is 0 Å². The average molecular weight is 465 g/mol. The van der Waals surface area contributed by atoms with Crippen LogP contribution in [0.15, 0.2) is 0 Å². The van der Waals surface area contributed by atoms with Crippen molar-refractivity contribution in [1.82, 2.24) is 0 Å². The summed E-state index contributed by atoms with van der Waals surface area (Å²) in [6.07, 6.45) is 20.3. The number of likely N-dealkylation sites (N-methyl/N-ethyl adjacent to an activating group) is 1. The van der Waals surface area contributed by atoms with E-state index in [4.69, 9.17) is 9.47 Å². The van der Waals surface area contributed by atoms with E-state index in [1.165, 1.54) is 89.9 Å². The molecular weight excluding hydrogens is 414 g/mol. The van der Waals surface area contributed by atoms with E-state index in [2.05, 4.69) is 27.8 Å². The molecule has 1 heterocycles. The number of morpholine rings is 1. The third-order valence-electron chi connectivity index (χ3n) is 6.51. The topological polar surface area (TPSA) is 18.5 Å². The van der Waals surface area contributed by atoms with Crippen LogP contribution in [0.3, 0.4) is 0 Å². The second-order valence-corrected chi connectivity index (χ2v) is 9.12. The van der Waals surface area contributed by atoms with Crippen LogP contribution in [-0.2, 0) is 9.47 Å². The van der Waals surface area contributed by atoms with Crippen LogP contribution in [-0.4, -0.2) is 50.2 Å². The van der Waals surface area contributed by atoms with Crippen LogP contribution < -0.4 is 17.0 Å². The van der Waals surface area contributed by atoms with Gasteiger partial charge >= 0.3 is 0 Å². The van der Waals surface area contributed by atoms with E-state index < -0.39 is 0 Å². The summed E-state index contributed by atoms with van der Waals surface area (Å²) in [6.45, 7) is 10.7. The molecule has 0 aromatic carbocycles. The van der Waals surface area contributed by atoms with Crippen molar-refractivity contribution < 1.29 is 30.9 Å². The van der Waals surface area contributed by atoms with E-state index in [0.717, 1.165) is 30.8 Å². The summed E-state index contributed by atoms with van der Waals surface area (Å²) < 4.78 is 12.8. The van der Waals surface area contributed by atoms with Crippen molar-refractivity contribution >= 4 is 0 Å². The molecule has 0 amide bonds. The summed E-state index contributed by atoms with van der Waals surface area (Å²) >= 11 is 0. The fourth-order valence-corrected chi connectivity index (χ4v) is 4.12. The van der Waals surface area contributed by atoms with E-state index in [1.54, 1.807) is 0 Å². The Morgan fingerprint density at radius 1 is 0.750 bits per heavy atom. The van der Waals surface area contributed by atoms with Gasteiger partial charge in [0, 0.05) is 6.92 Å². The third-order valence-corrected chi connectivity index (χ3v) is 6.51. The second kappa shape index (κ2) is 18.2. The number of unbranched alkanes of at least 4 members (excludes halogenated alkanes) is 12. The maximum atomic E-state index is 6.32. The number of nitrogens with zero attached hydrogens (tertiary/aromatic N) is 1. The molecule has 0 aliphatic carbocycles. The highest BCUT2D eigenvalue weighted by Crippen LogP contribution is 2.19. The van der Waals surface area contributed by atoms with Crippen molar-refractivity contribution in [1.29, 1.82) is 0 Å². The molecule has 1 fully saturated rings. The molecule has 1 saturated heterocycles. The number of ether oxygens (including phenoxy) is 2. The van der Waals surface area contributed by atoms with Gasteiger partial charge in [-0.3, -0.25) is 4.48 Å². The highest BCUT2D eigenvalue weighted by Gasteiger charge is 2.33. The minimum atomic E-state index is 0. The smallest absolute Gasteiger partial charge is 0.190 e. The molecule has 2 unspecified atom stereocenters. The molecule has 28 heavy (non-hydrogen) atoms. The monoisotopic (exact) mass is 463 g/mol. The minimum absolute atomic E-state index is 0. The van der Waals surface area contributed by atoms with Crippen LogP contribution >= 0.6 is 0 Å². The predicted octanol–water partition coefficient (Wildman–Crippen LogP) is 3.70. The Labute approximate surface area is 187 Å². The maximum Gasteiger partial charge on any atom is 0.190 e.